The molecule has 4 nitrogen and oxygen atoms in total. The lowest BCUT2D eigenvalue weighted by Crippen LogP contribution is -2.41. The number of nitrogens with zero attached hydrogens (tertiary/aromatic N) is 3. The Morgan fingerprint density at radius 3 is 2.86 bits per heavy atom. The van der Waals surface area contributed by atoms with E-state index in [1.165, 1.54) is 17.7 Å². The lowest BCUT2D eigenvalue weighted by molar-refractivity contribution is 0.259. The fourth-order valence-electron chi connectivity index (χ4n) is 2.80. The van der Waals surface area contributed by atoms with Gasteiger partial charge in [0.05, 0.1) is 6.54 Å². The fourth-order valence-corrected chi connectivity index (χ4v) is 2.80. The van der Waals surface area contributed by atoms with E-state index in [-0.39, 0.29) is 0 Å². The minimum atomic E-state index is 0.616. The van der Waals surface area contributed by atoms with Gasteiger partial charge >= 0.3 is 0 Å². The molecule has 0 aromatic heterocycles. The molecule has 0 spiro atoms. The van der Waals surface area contributed by atoms with Crippen LogP contribution in [0.15, 0.2) is 29.3 Å². The highest BCUT2D eigenvalue weighted by Gasteiger charge is 2.22. The Morgan fingerprint density at radius 1 is 1.36 bits per heavy atom. The molecule has 1 N–H and O–H groups in total. The largest absolute Gasteiger partial charge is 0.356 e. The van der Waals surface area contributed by atoms with E-state index in [0.717, 1.165) is 38.6 Å². The second-order valence-corrected chi connectivity index (χ2v) is 6.00. The molecule has 0 saturated carbocycles. The summed E-state index contributed by atoms with van der Waals surface area (Å²) in [6.45, 7) is 10.4. The molecule has 1 aromatic carbocycles. The second kappa shape index (κ2) is 8.18. The van der Waals surface area contributed by atoms with Crippen LogP contribution in [0.1, 0.15) is 32.8 Å². The van der Waals surface area contributed by atoms with Crippen LogP contribution in [0.3, 0.4) is 0 Å². The first-order valence-corrected chi connectivity index (χ1v) is 8.51. The summed E-state index contributed by atoms with van der Waals surface area (Å²) in [5.74, 6) is 1.02. The lowest BCUT2D eigenvalue weighted by atomic mass is 10.2. The highest BCUT2D eigenvalue weighted by atomic mass is 15.3. The second-order valence-electron chi connectivity index (χ2n) is 6.00. The Bertz CT molecular complexity index is 498. The van der Waals surface area contributed by atoms with Crippen LogP contribution in [-0.2, 0) is 6.42 Å². The van der Waals surface area contributed by atoms with Gasteiger partial charge in [-0.3, -0.25) is 4.99 Å². The third kappa shape index (κ3) is 4.01. The highest BCUT2D eigenvalue weighted by Crippen LogP contribution is 2.27. The maximum absolute atomic E-state index is 4.84. The monoisotopic (exact) mass is 302 g/mol. The van der Waals surface area contributed by atoms with Crippen molar-refractivity contribution in [2.45, 2.75) is 39.7 Å². The fraction of sp³-hybridized carbons (Fsp3) is 0.611. The van der Waals surface area contributed by atoms with Gasteiger partial charge < -0.3 is 15.1 Å². The topological polar surface area (TPSA) is 30.9 Å². The number of benzene rings is 1. The molecular weight excluding hydrogens is 272 g/mol. The van der Waals surface area contributed by atoms with Crippen molar-refractivity contribution >= 4 is 11.6 Å². The van der Waals surface area contributed by atoms with Crippen LogP contribution in [0, 0.1) is 0 Å². The van der Waals surface area contributed by atoms with Crippen LogP contribution in [0.4, 0.5) is 5.69 Å². The maximum Gasteiger partial charge on any atom is 0.198 e. The number of rotatable bonds is 6. The zero-order valence-electron chi connectivity index (χ0n) is 14.5. The van der Waals surface area contributed by atoms with Gasteiger partial charge in [-0.2, -0.15) is 0 Å². The molecule has 2 rings (SSSR count). The van der Waals surface area contributed by atoms with E-state index in [1.807, 2.05) is 0 Å². The van der Waals surface area contributed by atoms with Gasteiger partial charge in [-0.15, -0.1) is 0 Å². The number of fused-ring (bicyclic) bond motifs is 1. The lowest BCUT2D eigenvalue weighted by Gasteiger charge is -2.24. The van der Waals surface area contributed by atoms with Crippen molar-refractivity contribution in [1.29, 1.82) is 0 Å². The quantitative estimate of drug-likeness (QED) is 0.647. The van der Waals surface area contributed by atoms with Gasteiger partial charge in [0.1, 0.15) is 0 Å². The highest BCUT2D eigenvalue weighted by molar-refractivity contribution is 5.97. The molecule has 0 saturated heterocycles. The minimum absolute atomic E-state index is 0.616. The molecular formula is C18H30N4. The average Bonchev–Trinajstić information content (AvgIpc) is 2.97. The van der Waals surface area contributed by atoms with Gasteiger partial charge in [0, 0.05) is 31.4 Å². The standard InChI is InChI=1S/C18H30N4/c1-5-15(3)21(4)14-12-20-18(19-6-2)22-13-11-16-9-7-8-10-17(16)22/h7-10,15H,5-6,11-14H2,1-4H3,(H,19,20). The normalized spacial score (nSPS) is 16.0. The number of anilines is 1. The number of nitrogens with one attached hydrogen (secondary N) is 1. The SMILES string of the molecule is CCNC(=NCCN(C)C(C)CC)N1CCc2ccccc21. The number of guanidine groups is 1. The molecule has 1 heterocycles. The first-order valence-electron chi connectivity index (χ1n) is 8.51. The summed E-state index contributed by atoms with van der Waals surface area (Å²) in [5, 5.41) is 3.44. The Hall–Kier alpha value is -1.55. The molecule has 1 unspecified atom stereocenters. The van der Waals surface area contributed by atoms with Crippen molar-refractivity contribution < 1.29 is 0 Å². The predicted octanol–water partition coefficient (Wildman–Crippen LogP) is 2.74. The molecule has 0 radical (unpaired) electrons. The molecule has 0 aliphatic carbocycles. The van der Waals surface area contributed by atoms with Crippen molar-refractivity contribution in [3.8, 4) is 0 Å². The van der Waals surface area contributed by atoms with Crippen LogP contribution >= 0.6 is 0 Å². The third-order valence-electron chi connectivity index (χ3n) is 4.54. The number of aliphatic imine (C=N–C) groups is 1. The molecule has 122 valence electrons. The number of hydrogen-bond donors (Lipinski definition) is 1. The molecule has 0 bridgehead atoms. The van der Waals surface area contributed by atoms with Gasteiger partial charge in [0.25, 0.3) is 0 Å². The third-order valence-corrected chi connectivity index (χ3v) is 4.54. The summed E-state index contributed by atoms with van der Waals surface area (Å²) in [7, 11) is 2.18. The summed E-state index contributed by atoms with van der Waals surface area (Å²) >= 11 is 0. The van der Waals surface area contributed by atoms with Crippen LogP contribution in [0.2, 0.25) is 0 Å². The van der Waals surface area contributed by atoms with E-state index in [4.69, 9.17) is 4.99 Å². The molecule has 0 amide bonds. The Kier molecular flexibility index (Phi) is 6.25. The predicted molar refractivity (Wildman–Crippen MR) is 95.9 cm³/mol. The Labute approximate surface area is 135 Å². The summed E-state index contributed by atoms with van der Waals surface area (Å²) < 4.78 is 0. The van der Waals surface area contributed by atoms with Gasteiger partial charge in [-0.1, -0.05) is 25.1 Å². The van der Waals surface area contributed by atoms with E-state index in [2.05, 4.69) is 67.2 Å². The first-order chi connectivity index (χ1) is 10.7. The Balaban J connectivity index is 2.03. The molecule has 1 aliphatic rings. The minimum Gasteiger partial charge on any atom is -0.356 e. The summed E-state index contributed by atoms with van der Waals surface area (Å²) in [5.41, 5.74) is 2.72. The van der Waals surface area contributed by atoms with Crippen molar-refractivity contribution in [3.63, 3.8) is 0 Å². The van der Waals surface area contributed by atoms with Gasteiger partial charge in [0.2, 0.25) is 0 Å². The molecule has 1 aliphatic heterocycles. The zero-order valence-corrected chi connectivity index (χ0v) is 14.5. The average molecular weight is 302 g/mol. The van der Waals surface area contributed by atoms with E-state index < -0.39 is 0 Å². The maximum atomic E-state index is 4.84. The van der Waals surface area contributed by atoms with E-state index >= 15 is 0 Å². The van der Waals surface area contributed by atoms with Gasteiger partial charge in [-0.25, -0.2) is 0 Å². The van der Waals surface area contributed by atoms with Crippen molar-refractivity contribution in [2.24, 2.45) is 4.99 Å². The van der Waals surface area contributed by atoms with Gasteiger partial charge in [0.15, 0.2) is 5.96 Å². The molecule has 1 aromatic rings. The molecule has 22 heavy (non-hydrogen) atoms. The molecule has 4 heteroatoms. The summed E-state index contributed by atoms with van der Waals surface area (Å²) in [4.78, 5) is 9.54. The van der Waals surface area contributed by atoms with E-state index in [1.54, 1.807) is 0 Å². The summed E-state index contributed by atoms with van der Waals surface area (Å²) in [6.07, 6.45) is 2.28. The molecule has 0 fully saturated rings. The van der Waals surface area contributed by atoms with E-state index in [0.29, 0.717) is 6.04 Å². The first kappa shape index (κ1) is 16.8. The number of hydrogen-bond acceptors (Lipinski definition) is 2. The van der Waals surface area contributed by atoms with Crippen molar-refractivity contribution in [3.05, 3.63) is 29.8 Å². The van der Waals surface area contributed by atoms with E-state index in [9.17, 15) is 0 Å². The van der Waals surface area contributed by atoms with Crippen LogP contribution in [-0.4, -0.2) is 50.1 Å². The van der Waals surface area contributed by atoms with Crippen molar-refractivity contribution in [1.82, 2.24) is 10.2 Å². The summed E-state index contributed by atoms with van der Waals surface area (Å²) in [6, 6.07) is 9.26. The smallest absolute Gasteiger partial charge is 0.198 e. The Morgan fingerprint density at radius 2 is 2.14 bits per heavy atom. The van der Waals surface area contributed by atoms with Crippen LogP contribution in [0.25, 0.3) is 0 Å². The van der Waals surface area contributed by atoms with Gasteiger partial charge in [-0.05, 0) is 45.4 Å². The van der Waals surface area contributed by atoms with Crippen molar-refractivity contribution in [2.75, 3.05) is 38.1 Å². The number of para-hydroxylation sites is 1. The van der Waals surface area contributed by atoms with Crippen LogP contribution < -0.4 is 10.2 Å². The zero-order chi connectivity index (χ0) is 15.9. The van der Waals surface area contributed by atoms with Crippen LogP contribution in [0.5, 0.6) is 0 Å². The molecule has 1 atom stereocenters. The number of likely N-dealkylation sites (N-methyl/N-ethyl adjacent to an activating group) is 1.